The Bertz CT molecular complexity index is 494. The van der Waals surface area contributed by atoms with Crippen molar-refractivity contribution in [1.82, 2.24) is 9.80 Å². The molecule has 0 spiro atoms. The summed E-state index contributed by atoms with van der Waals surface area (Å²) >= 11 is 0. The maximum Gasteiger partial charge on any atom is 0.239 e. The van der Waals surface area contributed by atoms with Gasteiger partial charge in [0.05, 0.1) is 6.04 Å². The van der Waals surface area contributed by atoms with Crippen LogP contribution in [0, 0.1) is 0 Å². The number of halogens is 2. The van der Waals surface area contributed by atoms with Gasteiger partial charge in [-0.2, -0.15) is 0 Å². The van der Waals surface area contributed by atoms with Gasteiger partial charge in [0.2, 0.25) is 5.91 Å². The van der Waals surface area contributed by atoms with E-state index in [9.17, 15) is 4.79 Å². The van der Waals surface area contributed by atoms with Crippen molar-refractivity contribution in [2.45, 2.75) is 44.2 Å². The number of nitrogens with two attached hydrogens (primary N) is 1. The van der Waals surface area contributed by atoms with Gasteiger partial charge in [0.1, 0.15) is 0 Å². The lowest BCUT2D eigenvalue weighted by Gasteiger charge is -2.32. The normalized spacial score (nSPS) is 22.4. The molecule has 2 N–H and O–H groups in total. The number of benzene rings is 1. The van der Waals surface area contributed by atoms with Gasteiger partial charge < -0.3 is 10.6 Å². The highest BCUT2D eigenvalue weighted by molar-refractivity contribution is 5.85. The summed E-state index contributed by atoms with van der Waals surface area (Å²) in [5.41, 5.74) is 7.28. The minimum Gasteiger partial charge on any atom is -0.340 e. The molecule has 1 unspecified atom stereocenters. The zero-order valence-corrected chi connectivity index (χ0v) is 15.7. The standard InChI is InChI=1S/C18H27N3O.2ClH/c19-17(13-15-7-3-1-4-8-15)18(22)21-12-9-16(14-21)20-10-5-2-6-11-20;;/h1,3-4,7-8,16-17H,2,5-6,9-14,19H2;2*1H/t16?,17-;;/m0../s1. The number of likely N-dealkylation sites (tertiary alicyclic amines) is 2. The summed E-state index contributed by atoms with van der Waals surface area (Å²) in [6.07, 6.45) is 5.69. The Kier molecular flexibility index (Phi) is 9.06. The molecule has 1 aromatic carbocycles. The third-order valence-corrected chi connectivity index (χ3v) is 5.00. The molecule has 6 heteroatoms. The molecule has 0 saturated carbocycles. The fourth-order valence-electron chi connectivity index (χ4n) is 3.71. The predicted molar refractivity (Wildman–Crippen MR) is 103 cm³/mol. The molecule has 24 heavy (non-hydrogen) atoms. The number of carbonyl (C=O) groups excluding carboxylic acids is 1. The van der Waals surface area contributed by atoms with Crippen LogP contribution in [0.5, 0.6) is 0 Å². The van der Waals surface area contributed by atoms with E-state index in [-0.39, 0.29) is 30.7 Å². The van der Waals surface area contributed by atoms with Gasteiger partial charge in [0.15, 0.2) is 0 Å². The monoisotopic (exact) mass is 373 g/mol. The molecule has 0 aromatic heterocycles. The van der Waals surface area contributed by atoms with Crippen molar-refractivity contribution < 1.29 is 4.79 Å². The van der Waals surface area contributed by atoms with Crippen LogP contribution in [-0.4, -0.2) is 54.0 Å². The zero-order chi connectivity index (χ0) is 15.4. The van der Waals surface area contributed by atoms with Crippen LogP contribution in [0.4, 0.5) is 0 Å². The molecule has 4 nitrogen and oxygen atoms in total. The van der Waals surface area contributed by atoms with Crippen molar-refractivity contribution in [2.75, 3.05) is 26.2 Å². The number of piperidine rings is 1. The highest BCUT2D eigenvalue weighted by atomic mass is 35.5. The number of hydrogen-bond acceptors (Lipinski definition) is 3. The van der Waals surface area contributed by atoms with Crippen molar-refractivity contribution in [3.8, 4) is 0 Å². The Hall–Kier alpha value is -0.810. The van der Waals surface area contributed by atoms with Gasteiger partial charge in [-0.25, -0.2) is 0 Å². The van der Waals surface area contributed by atoms with Gasteiger partial charge >= 0.3 is 0 Å². The fraction of sp³-hybridized carbons (Fsp3) is 0.611. The van der Waals surface area contributed by atoms with Gasteiger partial charge in [0.25, 0.3) is 0 Å². The molecule has 0 radical (unpaired) electrons. The first-order valence-electron chi connectivity index (χ1n) is 8.56. The third-order valence-electron chi connectivity index (χ3n) is 5.00. The third kappa shape index (κ3) is 5.35. The van der Waals surface area contributed by atoms with Crippen molar-refractivity contribution in [2.24, 2.45) is 5.73 Å². The highest BCUT2D eigenvalue weighted by Crippen LogP contribution is 2.20. The van der Waals surface area contributed by atoms with E-state index in [2.05, 4.69) is 4.90 Å². The van der Waals surface area contributed by atoms with Crippen LogP contribution in [-0.2, 0) is 11.2 Å². The lowest BCUT2D eigenvalue weighted by molar-refractivity contribution is -0.131. The van der Waals surface area contributed by atoms with E-state index in [0.29, 0.717) is 12.5 Å². The summed E-state index contributed by atoms with van der Waals surface area (Å²) in [4.78, 5) is 17.1. The second-order valence-electron chi connectivity index (χ2n) is 6.62. The number of carbonyl (C=O) groups is 1. The molecule has 2 aliphatic heterocycles. The quantitative estimate of drug-likeness (QED) is 0.881. The molecule has 2 saturated heterocycles. The number of nitrogens with zero attached hydrogens (tertiary/aromatic N) is 2. The first-order valence-corrected chi connectivity index (χ1v) is 8.56. The summed E-state index contributed by atoms with van der Waals surface area (Å²) in [5, 5.41) is 0. The maximum absolute atomic E-state index is 12.6. The first kappa shape index (κ1) is 21.2. The molecular weight excluding hydrogens is 345 g/mol. The minimum atomic E-state index is -0.414. The van der Waals surface area contributed by atoms with E-state index in [1.165, 1.54) is 32.4 Å². The van der Waals surface area contributed by atoms with Crippen LogP contribution in [0.2, 0.25) is 0 Å². The van der Waals surface area contributed by atoms with E-state index in [1.807, 2.05) is 35.2 Å². The number of hydrogen-bond donors (Lipinski definition) is 1. The van der Waals surface area contributed by atoms with Crippen molar-refractivity contribution in [1.29, 1.82) is 0 Å². The smallest absolute Gasteiger partial charge is 0.239 e. The highest BCUT2D eigenvalue weighted by Gasteiger charge is 2.32. The lowest BCUT2D eigenvalue weighted by Crippen LogP contribution is -2.46. The minimum absolute atomic E-state index is 0. The van der Waals surface area contributed by atoms with Gasteiger partial charge in [-0.15, -0.1) is 24.8 Å². The van der Waals surface area contributed by atoms with E-state index in [1.54, 1.807) is 0 Å². The Balaban J connectivity index is 0.00000144. The second kappa shape index (κ2) is 10.2. The van der Waals surface area contributed by atoms with Crippen molar-refractivity contribution in [3.63, 3.8) is 0 Å². The van der Waals surface area contributed by atoms with E-state index < -0.39 is 6.04 Å². The summed E-state index contributed by atoms with van der Waals surface area (Å²) in [7, 11) is 0. The molecule has 1 amide bonds. The van der Waals surface area contributed by atoms with Crippen LogP contribution in [0.1, 0.15) is 31.2 Å². The molecule has 0 bridgehead atoms. The molecule has 0 aliphatic carbocycles. The zero-order valence-electron chi connectivity index (χ0n) is 14.1. The number of amides is 1. The molecule has 2 heterocycles. The van der Waals surface area contributed by atoms with Crippen molar-refractivity contribution >= 4 is 30.7 Å². The van der Waals surface area contributed by atoms with Gasteiger partial charge in [0, 0.05) is 19.1 Å². The van der Waals surface area contributed by atoms with Crippen LogP contribution in [0.25, 0.3) is 0 Å². The summed E-state index contributed by atoms with van der Waals surface area (Å²) < 4.78 is 0. The maximum atomic E-state index is 12.6. The predicted octanol–water partition coefficient (Wildman–Crippen LogP) is 2.49. The number of rotatable bonds is 4. The molecule has 1 aromatic rings. The molecule has 2 fully saturated rings. The van der Waals surface area contributed by atoms with Crippen LogP contribution >= 0.6 is 24.8 Å². The summed E-state index contributed by atoms with van der Waals surface area (Å²) in [5.74, 6) is 0.114. The topological polar surface area (TPSA) is 49.6 Å². The fourth-order valence-corrected chi connectivity index (χ4v) is 3.71. The van der Waals surface area contributed by atoms with Gasteiger partial charge in [-0.1, -0.05) is 36.8 Å². The van der Waals surface area contributed by atoms with Crippen LogP contribution in [0.3, 0.4) is 0 Å². The van der Waals surface area contributed by atoms with E-state index in [4.69, 9.17) is 5.73 Å². The first-order chi connectivity index (χ1) is 10.7. The SMILES string of the molecule is Cl.Cl.N[C@@H](Cc1ccccc1)C(=O)N1CCC(N2CCCCC2)C1. The average Bonchev–Trinajstić information content (AvgIpc) is 3.06. The Morgan fingerprint density at radius 3 is 2.42 bits per heavy atom. The molecule has 3 rings (SSSR count). The van der Waals surface area contributed by atoms with Crippen molar-refractivity contribution in [3.05, 3.63) is 35.9 Å². The molecule has 2 aliphatic rings. The van der Waals surface area contributed by atoms with Gasteiger partial charge in [-0.05, 0) is 44.3 Å². The average molecular weight is 374 g/mol. The Morgan fingerprint density at radius 2 is 1.75 bits per heavy atom. The van der Waals surface area contributed by atoms with E-state index in [0.717, 1.165) is 25.1 Å². The molecular formula is C18H29Cl2N3O. The lowest BCUT2D eigenvalue weighted by atomic mass is 10.1. The summed E-state index contributed by atoms with van der Waals surface area (Å²) in [6, 6.07) is 10.2. The van der Waals surface area contributed by atoms with Crippen LogP contribution < -0.4 is 5.73 Å². The Morgan fingerprint density at radius 1 is 1.08 bits per heavy atom. The molecule has 2 atom stereocenters. The van der Waals surface area contributed by atoms with E-state index >= 15 is 0 Å². The van der Waals surface area contributed by atoms with Gasteiger partial charge in [-0.3, -0.25) is 9.69 Å². The Labute approximate surface area is 157 Å². The molecule has 136 valence electrons. The van der Waals surface area contributed by atoms with Crippen LogP contribution in [0.15, 0.2) is 30.3 Å². The second-order valence-corrected chi connectivity index (χ2v) is 6.62. The largest absolute Gasteiger partial charge is 0.340 e. The summed E-state index contributed by atoms with van der Waals surface area (Å²) in [6.45, 7) is 4.12.